The van der Waals surface area contributed by atoms with Gasteiger partial charge in [-0.25, -0.2) is 0 Å². The molecule has 0 radical (unpaired) electrons. The maximum absolute atomic E-state index is 3.76. The zero-order valence-electron chi connectivity index (χ0n) is 13.4. The van der Waals surface area contributed by atoms with Crippen LogP contribution < -0.4 is 5.32 Å². The number of hydrogen-bond acceptors (Lipinski definition) is 1. The van der Waals surface area contributed by atoms with E-state index in [1.54, 1.807) is 0 Å². The van der Waals surface area contributed by atoms with Gasteiger partial charge in [0.2, 0.25) is 0 Å². The van der Waals surface area contributed by atoms with Crippen LogP contribution in [-0.4, -0.2) is 6.04 Å². The van der Waals surface area contributed by atoms with E-state index >= 15 is 0 Å². The number of rotatable bonds is 3. The van der Waals surface area contributed by atoms with Gasteiger partial charge in [-0.2, -0.15) is 0 Å². The van der Waals surface area contributed by atoms with Crippen LogP contribution in [0.3, 0.4) is 0 Å². The van der Waals surface area contributed by atoms with Crippen LogP contribution >= 0.6 is 0 Å². The van der Waals surface area contributed by atoms with Crippen LogP contribution in [0.25, 0.3) is 0 Å². The summed E-state index contributed by atoms with van der Waals surface area (Å²) in [6, 6.07) is 0.431. The van der Waals surface area contributed by atoms with Gasteiger partial charge in [-0.05, 0) is 50.2 Å². The predicted molar refractivity (Wildman–Crippen MR) is 95.4 cm³/mol. The van der Waals surface area contributed by atoms with Gasteiger partial charge in [0.05, 0.1) is 0 Å². The molecule has 0 heterocycles. The molecule has 114 valence electrons. The first-order valence-corrected chi connectivity index (χ1v) is 8.38. The van der Waals surface area contributed by atoms with Crippen molar-refractivity contribution >= 4 is 0 Å². The van der Waals surface area contributed by atoms with Crippen molar-refractivity contribution in [2.75, 3.05) is 0 Å². The highest BCUT2D eigenvalue weighted by atomic mass is 14.9. The van der Waals surface area contributed by atoms with Gasteiger partial charge < -0.3 is 5.32 Å². The fourth-order valence-corrected chi connectivity index (χ4v) is 3.14. The normalized spacial score (nSPS) is 24.7. The van der Waals surface area contributed by atoms with Crippen molar-refractivity contribution in [3.05, 3.63) is 83.2 Å². The van der Waals surface area contributed by atoms with E-state index in [0.29, 0.717) is 6.04 Å². The molecule has 0 aromatic carbocycles. The van der Waals surface area contributed by atoms with Gasteiger partial charge in [0.25, 0.3) is 0 Å². The van der Waals surface area contributed by atoms with Crippen LogP contribution in [0.2, 0.25) is 0 Å². The zero-order valence-corrected chi connectivity index (χ0v) is 13.4. The lowest BCUT2D eigenvalue weighted by Gasteiger charge is -2.24. The topological polar surface area (TPSA) is 12.0 Å². The molecule has 0 amide bonds. The Morgan fingerprint density at radius 1 is 1.00 bits per heavy atom. The summed E-state index contributed by atoms with van der Waals surface area (Å²) in [4.78, 5) is 0. The van der Waals surface area contributed by atoms with Crippen LogP contribution in [0.4, 0.5) is 0 Å². The third kappa shape index (κ3) is 3.79. The molecule has 1 heteroatoms. The lowest BCUT2D eigenvalue weighted by atomic mass is 9.92. The summed E-state index contributed by atoms with van der Waals surface area (Å²) in [7, 11) is 0. The average molecular weight is 291 g/mol. The molecule has 1 nitrogen and oxygen atoms in total. The van der Waals surface area contributed by atoms with Gasteiger partial charge in [-0.1, -0.05) is 66.3 Å². The van der Waals surface area contributed by atoms with E-state index in [0.717, 1.165) is 32.1 Å². The van der Waals surface area contributed by atoms with Crippen molar-refractivity contribution in [2.24, 2.45) is 0 Å². The van der Waals surface area contributed by atoms with Crippen molar-refractivity contribution in [3.8, 4) is 0 Å². The van der Waals surface area contributed by atoms with Crippen LogP contribution in [0.15, 0.2) is 83.2 Å². The number of allylic oxidation sites excluding steroid dienone is 12. The van der Waals surface area contributed by atoms with Gasteiger partial charge in [0, 0.05) is 11.7 Å². The van der Waals surface area contributed by atoms with E-state index in [1.165, 1.54) is 22.4 Å². The highest BCUT2D eigenvalue weighted by Gasteiger charge is 2.15. The summed E-state index contributed by atoms with van der Waals surface area (Å²) >= 11 is 0. The minimum Gasteiger partial charge on any atom is -0.381 e. The smallest absolute Gasteiger partial charge is 0.0479 e. The SMILES string of the molecule is CC1=CC(C2=C(NC3C=CC=CC3)CCC=C2)=CCCC=C1. The third-order valence-electron chi connectivity index (χ3n) is 4.28. The van der Waals surface area contributed by atoms with E-state index < -0.39 is 0 Å². The molecule has 1 atom stereocenters. The second-order valence-corrected chi connectivity index (χ2v) is 6.16. The molecule has 1 unspecified atom stereocenters. The van der Waals surface area contributed by atoms with Gasteiger partial charge in [0.15, 0.2) is 0 Å². The second kappa shape index (κ2) is 7.31. The number of nitrogens with one attached hydrogen (secondary N) is 1. The minimum absolute atomic E-state index is 0.431. The summed E-state index contributed by atoms with van der Waals surface area (Å²) in [5.74, 6) is 0. The lowest BCUT2D eigenvalue weighted by Crippen LogP contribution is -2.28. The van der Waals surface area contributed by atoms with Crippen LogP contribution in [-0.2, 0) is 0 Å². The summed E-state index contributed by atoms with van der Waals surface area (Å²) in [5, 5.41) is 3.76. The van der Waals surface area contributed by atoms with E-state index in [1.807, 2.05) is 0 Å². The predicted octanol–water partition coefficient (Wildman–Crippen LogP) is 5.29. The first-order chi connectivity index (χ1) is 10.8. The molecule has 0 fully saturated rings. The minimum atomic E-state index is 0.431. The Morgan fingerprint density at radius 2 is 1.91 bits per heavy atom. The monoisotopic (exact) mass is 291 g/mol. The van der Waals surface area contributed by atoms with E-state index in [9.17, 15) is 0 Å². The van der Waals surface area contributed by atoms with E-state index in [2.05, 4.69) is 73.0 Å². The first kappa shape index (κ1) is 14.9. The summed E-state index contributed by atoms with van der Waals surface area (Å²) < 4.78 is 0. The molecule has 0 spiro atoms. The van der Waals surface area contributed by atoms with Crippen molar-refractivity contribution < 1.29 is 0 Å². The second-order valence-electron chi connectivity index (χ2n) is 6.16. The molecule has 0 bridgehead atoms. The fraction of sp³-hybridized carbons (Fsp3) is 0.333. The summed E-state index contributed by atoms with van der Waals surface area (Å²) in [6.07, 6.45) is 28.1. The van der Waals surface area contributed by atoms with Crippen molar-refractivity contribution in [1.29, 1.82) is 0 Å². The molecule has 22 heavy (non-hydrogen) atoms. The molecule has 0 saturated carbocycles. The Labute approximate surface area is 134 Å². The van der Waals surface area contributed by atoms with Crippen LogP contribution in [0, 0.1) is 0 Å². The molecule has 0 aromatic rings. The molecule has 3 aliphatic rings. The van der Waals surface area contributed by atoms with Gasteiger partial charge in [-0.3, -0.25) is 0 Å². The zero-order chi connectivity index (χ0) is 15.2. The fourth-order valence-electron chi connectivity index (χ4n) is 3.14. The Kier molecular flexibility index (Phi) is 4.95. The summed E-state index contributed by atoms with van der Waals surface area (Å²) in [5.41, 5.74) is 5.48. The Balaban J connectivity index is 1.88. The quantitative estimate of drug-likeness (QED) is 0.745. The molecular formula is C21H25N. The van der Waals surface area contributed by atoms with Gasteiger partial charge >= 0.3 is 0 Å². The molecule has 3 aliphatic carbocycles. The Hall–Kier alpha value is -2.02. The van der Waals surface area contributed by atoms with Gasteiger partial charge in [-0.15, -0.1) is 0 Å². The molecule has 3 rings (SSSR count). The standard InChI is InChI=1S/C21H25N/c1-17-10-4-2-5-11-18(16-17)20-14-8-9-15-21(20)22-19-12-6-3-7-13-19/h3-4,6-8,10-12,14,16,19,22H,2,5,9,13,15H2,1H3. The largest absolute Gasteiger partial charge is 0.381 e. The maximum Gasteiger partial charge on any atom is 0.0479 e. The van der Waals surface area contributed by atoms with Crippen molar-refractivity contribution in [2.45, 2.75) is 45.1 Å². The highest BCUT2D eigenvalue weighted by Crippen LogP contribution is 2.27. The summed E-state index contributed by atoms with van der Waals surface area (Å²) in [6.45, 7) is 2.19. The van der Waals surface area contributed by atoms with E-state index in [-0.39, 0.29) is 0 Å². The maximum atomic E-state index is 3.76. The van der Waals surface area contributed by atoms with Crippen molar-refractivity contribution in [1.82, 2.24) is 5.32 Å². The van der Waals surface area contributed by atoms with Crippen LogP contribution in [0.1, 0.15) is 39.0 Å². The van der Waals surface area contributed by atoms with Crippen molar-refractivity contribution in [3.63, 3.8) is 0 Å². The molecule has 0 aromatic heterocycles. The lowest BCUT2D eigenvalue weighted by molar-refractivity contribution is 0.639. The van der Waals surface area contributed by atoms with Crippen LogP contribution in [0.5, 0.6) is 0 Å². The van der Waals surface area contributed by atoms with E-state index in [4.69, 9.17) is 0 Å². The first-order valence-electron chi connectivity index (χ1n) is 8.38. The Bertz CT molecular complexity index is 620. The third-order valence-corrected chi connectivity index (χ3v) is 4.28. The Morgan fingerprint density at radius 3 is 2.77 bits per heavy atom. The highest BCUT2D eigenvalue weighted by molar-refractivity contribution is 5.52. The number of hydrogen-bond donors (Lipinski definition) is 1. The molecule has 0 aliphatic heterocycles. The molecule has 1 N–H and O–H groups in total. The average Bonchev–Trinajstić information content (AvgIpc) is 2.52. The van der Waals surface area contributed by atoms with Gasteiger partial charge in [0.1, 0.15) is 0 Å². The molecular weight excluding hydrogens is 266 g/mol. The molecule has 0 saturated heterocycles.